The van der Waals surface area contributed by atoms with Crippen LogP contribution in [0, 0.1) is 5.41 Å². The fraction of sp³-hybridized carbons (Fsp3) is 0.217. The molecule has 2 aliphatic rings. The number of thioether (sulfide) groups is 1. The minimum atomic E-state index is -0.448. The molecule has 0 radical (unpaired) electrons. The van der Waals surface area contributed by atoms with Crippen LogP contribution in [-0.2, 0) is 11.4 Å². The van der Waals surface area contributed by atoms with E-state index in [1.165, 1.54) is 16.8 Å². The van der Waals surface area contributed by atoms with E-state index in [0.29, 0.717) is 28.8 Å². The second kappa shape index (κ2) is 9.70. The van der Waals surface area contributed by atoms with Gasteiger partial charge in [0.2, 0.25) is 5.17 Å². The molecule has 1 amide bonds. The number of amidine groups is 2. The molecule has 0 saturated heterocycles. The number of aliphatic imine (C=N–C) groups is 1. The van der Waals surface area contributed by atoms with Crippen LogP contribution in [0.5, 0.6) is 11.5 Å². The summed E-state index contributed by atoms with van der Waals surface area (Å²) in [5.74, 6) is 0.701. The number of halogens is 1. The van der Waals surface area contributed by atoms with E-state index in [2.05, 4.69) is 32.9 Å². The first-order chi connectivity index (χ1) is 15.5. The molecule has 4 rings (SSSR count). The summed E-state index contributed by atoms with van der Waals surface area (Å²) >= 11 is 4.77. The zero-order valence-electron chi connectivity index (χ0n) is 17.6. The molecular weight excluding hydrogens is 492 g/mol. The minimum Gasteiger partial charge on any atom is -0.493 e. The molecule has 0 atom stereocenters. The highest BCUT2D eigenvalue weighted by Gasteiger charge is 2.35. The molecule has 0 aromatic heterocycles. The lowest BCUT2D eigenvalue weighted by Gasteiger charge is -2.20. The van der Waals surface area contributed by atoms with Crippen LogP contribution in [0.3, 0.4) is 0 Å². The second-order valence-corrected chi connectivity index (χ2v) is 9.05. The van der Waals surface area contributed by atoms with Gasteiger partial charge in [-0.15, -0.1) is 0 Å². The lowest BCUT2D eigenvalue weighted by Crippen LogP contribution is -2.35. The van der Waals surface area contributed by atoms with Crippen LogP contribution in [0.2, 0.25) is 0 Å². The number of amides is 1. The first-order valence-corrected chi connectivity index (χ1v) is 11.6. The maximum atomic E-state index is 12.6. The molecular formula is C23H21BrN4O3S. The Labute approximate surface area is 198 Å². The van der Waals surface area contributed by atoms with Crippen molar-refractivity contribution >= 4 is 55.7 Å². The number of nitrogens with one attached hydrogen (secondary N) is 1. The zero-order valence-corrected chi connectivity index (χ0v) is 20.0. The number of methoxy groups -OCH3 is 1. The Morgan fingerprint density at radius 2 is 1.97 bits per heavy atom. The van der Waals surface area contributed by atoms with Gasteiger partial charge < -0.3 is 9.47 Å². The number of carbonyl (C=O) groups is 1. The molecule has 2 aliphatic heterocycles. The zero-order chi connectivity index (χ0) is 22.7. The van der Waals surface area contributed by atoms with Gasteiger partial charge in [-0.3, -0.25) is 10.2 Å². The van der Waals surface area contributed by atoms with E-state index in [9.17, 15) is 4.79 Å². The van der Waals surface area contributed by atoms with Crippen molar-refractivity contribution in [3.05, 3.63) is 63.6 Å². The topological polar surface area (TPSA) is 87.3 Å². The van der Waals surface area contributed by atoms with Crippen molar-refractivity contribution in [2.45, 2.75) is 26.4 Å². The summed E-state index contributed by atoms with van der Waals surface area (Å²) in [4.78, 5) is 16.7. The molecule has 164 valence electrons. The minimum absolute atomic E-state index is 0.0214. The summed E-state index contributed by atoms with van der Waals surface area (Å²) in [6.07, 6.45) is 3.36. The highest BCUT2D eigenvalue weighted by Crippen LogP contribution is 2.32. The maximum absolute atomic E-state index is 12.6. The van der Waals surface area contributed by atoms with Gasteiger partial charge in [-0.05, 0) is 66.1 Å². The van der Waals surface area contributed by atoms with E-state index < -0.39 is 5.91 Å². The maximum Gasteiger partial charge on any atom is 0.283 e. The van der Waals surface area contributed by atoms with Crippen LogP contribution in [0.1, 0.15) is 30.9 Å². The number of rotatable bonds is 7. The Kier molecular flexibility index (Phi) is 6.76. The van der Waals surface area contributed by atoms with Crippen molar-refractivity contribution in [1.82, 2.24) is 5.01 Å². The number of hydrogen-bond acceptors (Lipinski definition) is 6. The fourth-order valence-corrected chi connectivity index (χ4v) is 4.40. The largest absolute Gasteiger partial charge is 0.493 e. The molecule has 2 heterocycles. The van der Waals surface area contributed by atoms with Gasteiger partial charge in [0.1, 0.15) is 11.7 Å². The standard InChI is InChI=1S/C23H21BrN4O3S/c1-3-4-20-27-28-21(25)17(22(29)26-23(28)32-20)11-15-7-10-18(19(12-15)30-2)31-13-14-5-8-16(24)9-6-14/h5-12,25H,3-4,13H2,1-2H3/b17-11-,25-21?. The van der Waals surface area contributed by atoms with Gasteiger partial charge in [0.15, 0.2) is 17.3 Å². The van der Waals surface area contributed by atoms with E-state index in [4.69, 9.17) is 14.9 Å². The molecule has 0 saturated carbocycles. The monoisotopic (exact) mass is 512 g/mol. The number of ether oxygens (including phenoxy) is 2. The SMILES string of the molecule is CCCC1=NN2C(=N)/C(=C/c3ccc(OCc4ccc(Br)cc4)c(OC)c3)C(=O)N=C2S1. The third-order valence-electron chi connectivity index (χ3n) is 4.77. The number of carbonyl (C=O) groups excluding carboxylic acids is 1. The smallest absolute Gasteiger partial charge is 0.283 e. The summed E-state index contributed by atoms with van der Waals surface area (Å²) in [5, 5.41) is 15.6. The van der Waals surface area contributed by atoms with E-state index >= 15 is 0 Å². The molecule has 2 aromatic rings. The van der Waals surface area contributed by atoms with Gasteiger partial charge in [0.25, 0.3) is 5.91 Å². The predicted octanol–water partition coefficient (Wildman–Crippen LogP) is 5.46. The molecule has 9 heteroatoms. The van der Waals surface area contributed by atoms with Crippen LogP contribution >= 0.6 is 27.7 Å². The molecule has 0 bridgehead atoms. The Bertz CT molecular complexity index is 1160. The van der Waals surface area contributed by atoms with Gasteiger partial charge in [-0.1, -0.05) is 41.1 Å². The Balaban J connectivity index is 1.54. The van der Waals surface area contributed by atoms with Gasteiger partial charge in [0, 0.05) is 4.47 Å². The first kappa shape index (κ1) is 22.3. The number of nitrogens with zero attached hydrogens (tertiary/aromatic N) is 3. The normalized spacial score (nSPS) is 16.7. The van der Waals surface area contributed by atoms with Crippen molar-refractivity contribution in [2.24, 2.45) is 10.1 Å². The van der Waals surface area contributed by atoms with E-state index in [0.717, 1.165) is 27.9 Å². The van der Waals surface area contributed by atoms with Crippen molar-refractivity contribution in [2.75, 3.05) is 7.11 Å². The van der Waals surface area contributed by atoms with Crippen LogP contribution in [0.15, 0.2) is 62.6 Å². The lowest BCUT2D eigenvalue weighted by molar-refractivity contribution is -0.114. The third kappa shape index (κ3) is 4.78. The van der Waals surface area contributed by atoms with Crippen LogP contribution in [-0.4, -0.2) is 34.1 Å². The fourth-order valence-electron chi connectivity index (χ4n) is 3.15. The van der Waals surface area contributed by atoms with Crippen molar-refractivity contribution in [3.8, 4) is 11.5 Å². The van der Waals surface area contributed by atoms with E-state index in [1.807, 2.05) is 30.3 Å². The molecule has 0 spiro atoms. The van der Waals surface area contributed by atoms with Gasteiger partial charge in [-0.2, -0.15) is 15.1 Å². The Hall–Kier alpha value is -2.91. The van der Waals surface area contributed by atoms with E-state index in [1.54, 1.807) is 25.3 Å². The summed E-state index contributed by atoms with van der Waals surface area (Å²) in [7, 11) is 1.56. The van der Waals surface area contributed by atoms with Crippen molar-refractivity contribution in [1.29, 1.82) is 5.41 Å². The van der Waals surface area contributed by atoms with Crippen molar-refractivity contribution in [3.63, 3.8) is 0 Å². The van der Waals surface area contributed by atoms with Gasteiger partial charge >= 0.3 is 0 Å². The highest BCUT2D eigenvalue weighted by molar-refractivity contribution is 9.10. The average molecular weight is 513 g/mol. The van der Waals surface area contributed by atoms with Gasteiger partial charge in [-0.25, -0.2) is 0 Å². The van der Waals surface area contributed by atoms with E-state index in [-0.39, 0.29) is 11.4 Å². The third-order valence-corrected chi connectivity index (χ3v) is 6.26. The number of hydrazone groups is 1. The van der Waals surface area contributed by atoms with Crippen LogP contribution in [0.4, 0.5) is 0 Å². The molecule has 32 heavy (non-hydrogen) atoms. The molecule has 0 fully saturated rings. The molecule has 1 N–H and O–H groups in total. The number of benzene rings is 2. The quantitative estimate of drug-likeness (QED) is 0.497. The van der Waals surface area contributed by atoms with Gasteiger partial charge in [0.05, 0.1) is 12.7 Å². The summed E-state index contributed by atoms with van der Waals surface area (Å²) in [6, 6.07) is 13.3. The summed E-state index contributed by atoms with van der Waals surface area (Å²) in [5.41, 5.74) is 1.92. The predicted molar refractivity (Wildman–Crippen MR) is 131 cm³/mol. The Morgan fingerprint density at radius 3 is 2.69 bits per heavy atom. The molecule has 0 aliphatic carbocycles. The van der Waals surface area contributed by atoms with Crippen LogP contribution < -0.4 is 9.47 Å². The summed E-state index contributed by atoms with van der Waals surface area (Å²) < 4.78 is 12.4. The second-order valence-electron chi connectivity index (χ2n) is 7.09. The molecule has 2 aromatic carbocycles. The molecule has 7 nitrogen and oxygen atoms in total. The van der Waals surface area contributed by atoms with Crippen LogP contribution in [0.25, 0.3) is 6.08 Å². The average Bonchev–Trinajstić information content (AvgIpc) is 3.19. The highest BCUT2D eigenvalue weighted by atomic mass is 79.9. The number of hydrogen-bond donors (Lipinski definition) is 1. The Morgan fingerprint density at radius 1 is 1.19 bits per heavy atom. The lowest BCUT2D eigenvalue weighted by atomic mass is 10.1. The molecule has 0 unspecified atom stereocenters. The summed E-state index contributed by atoms with van der Waals surface area (Å²) in [6.45, 7) is 2.46. The number of fused-ring (bicyclic) bond motifs is 1. The van der Waals surface area contributed by atoms with Crippen molar-refractivity contribution < 1.29 is 14.3 Å². The first-order valence-electron chi connectivity index (χ1n) is 10.0.